The van der Waals surface area contributed by atoms with Crippen LogP contribution in [0.1, 0.15) is 35.7 Å². The molecule has 0 atom stereocenters. The van der Waals surface area contributed by atoms with Crippen molar-refractivity contribution in [2.75, 3.05) is 5.32 Å². The first-order chi connectivity index (χ1) is 15.4. The minimum absolute atomic E-state index is 0.199. The molecular weight excluding hydrogens is 428 g/mol. The second-order valence-electron chi connectivity index (χ2n) is 7.68. The molecule has 0 radical (unpaired) electrons. The lowest BCUT2D eigenvalue weighted by Gasteiger charge is -2.07. The van der Waals surface area contributed by atoms with E-state index in [1.165, 1.54) is 5.56 Å². The molecule has 2 N–H and O–H groups in total. The van der Waals surface area contributed by atoms with Crippen LogP contribution in [0.25, 0.3) is 16.7 Å². The summed E-state index contributed by atoms with van der Waals surface area (Å²) in [4.78, 5) is 41.5. The third-order valence-corrected chi connectivity index (χ3v) is 5.63. The topological polar surface area (TPSA) is 88.9 Å². The number of amides is 1. The number of fused-ring (bicyclic) bond motifs is 1. The van der Waals surface area contributed by atoms with Crippen LogP contribution >= 0.6 is 11.6 Å². The summed E-state index contributed by atoms with van der Waals surface area (Å²) < 4.78 is 2.57. The Labute approximate surface area is 189 Å². The molecule has 8 heteroatoms. The number of aryl methyl sites for hydroxylation is 2. The number of anilines is 1. The zero-order valence-electron chi connectivity index (χ0n) is 17.8. The van der Waals surface area contributed by atoms with Gasteiger partial charge in [0.15, 0.2) is 0 Å². The maximum Gasteiger partial charge on any atom is 0.333 e. The van der Waals surface area contributed by atoms with Gasteiger partial charge in [0.2, 0.25) is 0 Å². The SMILES string of the molecule is CCCCc1ccc(NC(=O)c2cn(C)c3c(=O)n(-c4ccc(Cl)cc4)c(=O)[nH]c23)cc1. The molecule has 7 nitrogen and oxygen atoms in total. The second-order valence-corrected chi connectivity index (χ2v) is 8.12. The quantitative estimate of drug-likeness (QED) is 0.460. The van der Waals surface area contributed by atoms with E-state index in [9.17, 15) is 14.4 Å². The third kappa shape index (κ3) is 4.11. The number of nitrogens with one attached hydrogen (secondary N) is 2. The largest absolute Gasteiger partial charge is 0.344 e. The van der Waals surface area contributed by atoms with Crippen molar-refractivity contribution < 1.29 is 4.79 Å². The number of nitrogens with zero attached hydrogens (tertiary/aromatic N) is 2. The fourth-order valence-electron chi connectivity index (χ4n) is 3.70. The first-order valence-electron chi connectivity index (χ1n) is 10.4. The molecule has 2 aromatic heterocycles. The molecule has 4 aromatic rings. The average molecular weight is 451 g/mol. The zero-order valence-corrected chi connectivity index (χ0v) is 18.6. The standard InChI is InChI=1S/C24H23ClN4O3/c1-3-4-5-15-6-10-17(11-7-15)26-22(30)19-14-28(2)21-20(19)27-24(32)29(23(21)31)18-12-8-16(25)9-13-18/h6-14H,3-5H2,1-2H3,(H,26,30)(H,27,32). The van der Waals surface area contributed by atoms with Crippen molar-refractivity contribution >= 4 is 34.2 Å². The number of aromatic nitrogens is 3. The Kier molecular flexibility index (Phi) is 6.01. The van der Waals surface area contributed by atoms with Crippen molar-refractivity contribution in [1.82, 2.24) is 14.1 Å². The van der Waals surface area contributed by atoms with E-state index in [2.05, 4.69) is 17.2 Å². The highest BCUT2D eigenvalue weighted by atomic mass is 35.5. The van der Waals surface area contributed by atoms with Gasteiger partial charge in [-0.2, -0.15) is 0 Å². The molecular formula is C24H23ClN4O3. The summed E-state index contributed by atoms with van der Waals surface area (Å²) in [6.45, 7) is 2.15. The minimum Gasteiger partial charge on any atom is -0.344 e. The molecule has 4 rings (SSSR count). The van der Waals surface area contributed by atoms with Crippen molar-refractivity contribution in [1.29, 1.82) is 0 Å². The number of carbonyl (C=O) groups is 1. The van der Waals surface area contributed by atoms with E-state index in [1.807, 2.05) is 24.3 Å². The van der Waals surface area contributed by atoms with Gasteiger partial charge in [-0.3, -0.25) is 9.59 Å². The van der Waals surface area contributed by atoms with E-state index in [1.54, 1.807) is 42.1 Å². The van der Waals surface area contributed by atoms with Crippen LogP contribution in [0.5, 0.6) is 0 Å². The van der Waals surface area contributed by atoms with E-state index in [4.69, 9.17) is 11.6 Å². The number of rotatable bonds is 6. The average Bonchev–Trinajstić information content (AvgIpc) is 3.11. The smallest absolute Gasteiger partial charge is 0.333 e. The Balaban J connectivity index is 1.70. The monoisotopic (exact) mass is 450 g/mol. The van der Waals surface area contributed by atoms with Gasteiger partial charge in [0.05, 0.1) is 16.8 Å². The van der Waals surface area contributed by atoms with Gasteiger partial charge in [-0.1, -0.05) is 37.1 Å². The number of aromatic amines is 1. The Morgan fingerprint density at radius 1 is 1.06 bits per heavy atom. The van der Waals surface area contributed by atoms with Crippen LogP contribution in [-0.2, 0) is 13.5 Å². The number of carbonyl (C=O) groups excluding carboxylic acids is 1. The molecule has 0 bridgehead atoms. The fraction of sp³-hybridized carbons (Fsp3) is 0.208. The van der Waals surface area contributed by atoms with Gasteiger partial charge in [-0.05, 0) is 54.8 Å². The summed E-state index contributed by atoms with van der Waals surface area (Å²) in [7, 11) is 1.66. The predicted octanol–water partition coefficient (Wildman–Crippen LogP) is 4.27. The van der Waals surface area contributed by atoms with Gasteiger partial charge >= 0.3 is 5.69 Å². The first-order valence-corrected chi connectivity index (χ1v) is 10.8. The van der Waals surface area contributed by atoms with Crippen molar-refractivity contribution in [3.63, 3.8) is 0 Å². The van der Waals surface area contributed by atoms with Gasteiger partial charge in [-0.25, -0.2) is 9.36 Å². The Bertz CT molecular complexity index is 1400. The van der Waals surface area contributed by atoms with Crippen LogP contribution in [0.2, 0.25) is 5.02 Å². The van der Waals surface area contributed by atoms with Gasteiger partial charge < -0.3 is 14.9 Å². The van der Waals surface area contributed by atoms with E-state index in [0.29, 0.717) is 16.4 Å². The van der Waals surface area contributed by atoms with Crippen molar-refractivity contribution in [3.05, 3.63) is 91.7 Å². The summed E-state index contributed by atoms with van der Waals surface area (Å²) in [6, 6.07) is 14.1. The van der Waals surface area contributed by atoms with Crippen LogP contribution in [0.4, 0.5) is 5.69 Å². The summed E-state index contributed by atoms with van der Waals surface area (Å²) in [6.07, 6.45) is 4.77. The molecule has 32 heavy (non-hydrogen) atoms. The number of benzene rings is 2. The summed E-state index contributed by atoms with van der Waals surface area (Å²) >= 11 is 5.91. The highest BCUT2D eigenvalue weighted by molar-refractivity contribution is 6.30. The highest BCUT2D eigenvalue weighted by Crippen LogP contribution is 2.19. The number of halogens is 1. The molecule has 1 amide bonds. The van der Waals surface area contributed by atoms with Gasteiger partial charge in [0.1, 0.15) is 5.52 Å². The molecule has 0 unspecified atom stereocenters. The van der Waals surface area contributed by atoms with Crippen molar-refractivity contribution in [2.45, 2.75) is 26.2 Å². The third-order valence-electron chi connectivity index (χ3n) is 5.38. The van der Waals surface area contributed by atoms with E-state index in [-0.39, 0.29) is 16.6 Å². The van der Waals surface area contributed by atoms with E-state index in [0.717, 1.165) is 23.8 Å². The summed E-state index contributed by atoms with van der Waals surface area (Å²) in [5.41, 5.74) is 1.72. The van der Waals surface area contributed by atoms with Gasteiger partial charge in [0.25, 0.3) is 11.5 Å². The summed E-state index contributed by atoms with van der Waals surface area (Å²) in [5, 5.41) is 3.34. The van der Waals surface area contributed by atoms with E-state index < -0.39 is 17.2 Å². The first kappa shape index (κ1) is 21.6. The molecule has 2 heterocycles. The minimum atomic E-state index is -0.634. The molecule has 2 aromatic carbocycles. The molecule has 0 aliphatic carbocycles. The van der Waals surface area contributed by atoms with Crippen LogP contribution in [0.15, 0.2) is 64.3 Å². The van der Waals surface area contributed by atoms with E-state index >= 15 is 0 Å². The van der Waals surface area contributed by atoms with Gasteiger partial charge in [-0.15, -0.1) is 0 Å². The molecule has 0 aliphatic rings. The number of hydrogen-bond donors (Lipinski definition) is 2. The normalized spacial score (nSPS) is 11.1. The molecule has 0 spiro atoms. The second kappa shape index (κ2) is 8.88. The Hall–Kier alpha value is -3.58. The molecule has 0 fully saturated rings. The Morgan fingerprint density at radius 2 is 1.75 bits per heavy atom. The molecule has 0 aliphatic heterocycles. The predicted molar refractivity (Wildman–Crippen MR) is 127 cm³/mol. The van der Waals surface area contributed by atoms with Crippen LogP contribution < -0.4 is 16.6 Å². The maximum absolute atomic E-state index is 13.1. The number of H-pyrrole nitrogens is 1. The van der Waals surface area contributed by atoms with Crippen molar-refractivity contribution in [2.24, 2.45) is 7.05 Å². The number of hydrogen-bond acceptors (Lipinski definition) is 3. The van der Waals surface area contributed by atoms with Crippen molar-refractivity contribution in [3.8, 4) is 5.69 Å². The van der Waals surface area contributed by atoms with Crippen LogP contribution in [0.3, 0.4) is 0 Å². The zero-order chi connectivity index (χ0) is 22.8. The van der Waals surface area contributed by atoms with Gasteiger partial charge in [0, 0.05) is 24.0 Å². The molecule has 0 saturated heterocycles. The van der Waals surface area contributed by atoms with Crippen LogP contribution in [-0.4, -0.2) is 20.0 Å². The molecule has 164 valence electrons. The lowest BCUT2D eigenvalue weighted by Crippen LogP contribution is -2.34. The van der Waals surface area contributed by atoms with Crippen LogP contribution in [0, 0.1) is 0 Å². The maximum atomic E-state index is 13.1. The molecule has 0 saturated carbocycles. The number of unbranched alkanes of at least 4 members (excludes halogenated alkanes) is 1. The summed E-state index contributed by atoms with van der Waals surface area (Å²) in [5.74, 6) is -0.406. The highest BCUT2D eigenvalue weighted by Gasteiger charge is 2.20. The lowest BCUT2D eigenvalue weighted by molar-refractivity contribution is 0.102. The lowest BCUT2D eigenvalue weighted by atomic mass is 10.1. The Morgan fingerprint density at radius 3 is 2.41 bits per heavy atom. The fourth-order valence-corrected chi connectivity index (χ4v) is 3.83.